The topological polar surface area (TPSA) is 77.1 Å². The van der Waals surface area contributed by atoms with Crippen LogP contribution in [0, 0.1) is 0 Å². The van der Waals surface area contributed by atoms with Crippen LogP contribution in [0.4, 0.5) is 9.59 Å². The Morgan fingerprint density at radius 3 is 2.56 bits per heavy atom. The van der Waals surface area contributed by atoms with E-state index in [1.807, 2.05) is 37.3 Å². The van der Waals surface area contributed by atoms with Gasteiger partial charge in [0.25, 0.3) is 0 Å². The largest absolute Gasteiger partial charge is 0.445 e. The average molecular weight is 378 g/mol. The van der Waals surface area contributed by atoms with Crippen LogP contribution in [0.15, 0.2) is 30.3 Å². The molecule has 2 atom stereocenters. The number of nitrogens with zero attached hydrogens (tertiary/aromatic N) is 1. The third-order valence-electron chi connectivity index (χ3n) is 4.10. The third-order valence-corrected chi connectivity index (χ3v) is 4.10. The Labute approximate surface area is 161 Å². The minimum Gasteiger partial charge on any atom is -0.445 e. The predicted octanol–water partition coefficient (Wildman–Crippen LogP) is 3.33. The molecule has 0 radical (unpaired) electrons. The van der Waals surface area contributed by atoms with Gasteiger partial charge in [-0.1, -0.05) is 30.3 Å². The SMILES string of the molecule is CCO[C@H]1CCN(C(=O)OCc2ccccc2)C[C@H]1NC(=O)OC(C)(C)C. The molecule has 0 unspecified atom stereocenters. The zero-order chi connectivity index (χ0) is 19.9. The standard InChI is InChI=1S/C20H30N2O5/c1-5-25-17-11-12-22(13-16(17)21-18(23)27-20(2,3)4)19(24)26-14-15-9-7-6-8-10-15/h6-10,16-17H,5,11-14H2,1-4H3,(H,21,23)/t16-,17+/m1/s1. The lowest BCUT2D eigenvalue weighted by molar-refractivity contribution is -0.0172. The van der Waals surface area contributed by atoms with Crippen molar-refractivity contribution >= 4 is 12.2 Å². The summed E-state index contributed by atoms with van der Waals surface area (Å²) in [7, 11) is 0. The number of amides is 2. The van der Waals surface area contributed by atoms with Gasteiger partial charge in [-0.15, -0.1) is 0 Å². The number of hydrogen-bond donors (Lipinski definition) is 1. The van der Waals surface area contributed by atoms with Crippen LogP contribution in [0.2, 0.25) is 0 Å². The number of carbonyl (C=O) groups is 2. The second-order valence-electron chi connectivity index (χ2n) is 7.52. The average Bonchev–Trinajstić information content (AvgIpc) is 2.60. The molecule has 7 heteroatoms. The minimum absolute atomic E-state index is 0.166. The van der Waals surface area contributed by atoms with E-state index in [2.05, 4.69) is 5.32 Å². The van der Waals surface area contributed by atoms with Crippen LogP contribution in [0.25, 0.3) is 0 Å². The molecule has 27 heavy (non-hydrogen) atoms. The van der Waals surface area contributed by atoms with Crippen molar-refractivity contribution in [2.45, 2.75) is 58.5 Å². The van der Waals surface area contributed by atoms with Crippen molar-refractivity contribution in [3.05, 3.63) is 35.9 Å². The highest BCUT2D eigenvalue weighted by Gasteiger charge is 2.34. The van der Waals surface area contributed by atoms with Crippen molar-refractivity contribution in [3.8, 4) is 0 Å². The smallest absolute Gasteiger partial charge is 0.410 e. The normalized spacial score (nSPS) is 20.1. The fourth-order valence-electron chi connectivity index (χ4n) is 2.92. The molecule has 1 N–H and O–H groups in total. The Hall–Kier alpha value is -2.28. The molecule has 0 spiro atoms. The van der Waals surface area contributed by atoms with Crippen LogP contribution < -0.4 is 5.32 Å². The first kappa shape index (κ1) is 21.0. The molecule has 7 nitrogen and oxygen atoms in total. The summed E-state index contributed by atoms with van der Waals surface area (Å²) in [4.78, 5) is 26.2. The van der Waals surface area contributed by atoms with Crippen LogP contribution >= 0.6 is 0 Å². The molecule has 1 aromatic rings. The molecule has 0 saturated carbocycles. The summed E-state index contributed by atoms with van der Waals surface area (Å²) in [5.41, 5.74) is 0.340. The van der Waals surface area contributed by atoms with Crippen molar-refractivity contribution in [3.63, 3.8) is 0 Å². The number of ether oxygens (including phenoxy) is 3. The highest BCUT2D eigenvalue weighted by Crippen LogP contribution is 2.17. The van der Waals surface area contributed by atoms with E-state index in [-0.39, 0.29) is 18.8 Å². The number of piperidine rings is 1. The number of hydrogen-bond acceptors (Lipinski definition) is 5. The molecule has 1 fully saturated rings. The van der Waals surface area contributed by atoms with E-state index < -0.39 is 17.8 Å². The fourth-order valence-corrected chi connectivity index (χ4v) is 2.92. The van der Waals surface area contributed by atoms with Crippen molar-refractivity contribution in [1.29, 1.82) is 0 Å². The van der Waals surface area contributed by atoms with Gasteiger partial charge in [0.1, 0.15) is 12.2 Å². The van der Waals surface area contributed by atoms with E-state index in [1.165, 1.54) is 0 Å². The van der Waals surface area contributed by atoms with Gasteiger partial charge in [-0.25, -0.2) is 9.59 Å². The van der Waals surface area contributed by atoms with E-state index in [4.69, 9.17) is 14.2 Å². The van der Waals surface area contributed by atoms with Crippen molar-refractivity contribution in [1.82, 2.24) is 10.2 Å². The maximum Gasteiger partial charge on any atom is 0.410 e. The zero-order valence-corrected chi connectivity index (χ0v) is 16.6. The van der Waals surface area contributed by atoms with E-state index in [0.29, 0.717) is 26.1 Å². The van der Waals surface area contributed by atoms with Gasteiger partial charge in [0.05, 0.1) is 12.1 Å². The van der Waals surface area contributed by atoms with Gasteiger partial charge in [0.15, 0.2) is 0 Å². The Morgan fingerprint density at radius 2 is 1.93 bits per heavy atom. The van der Waals surface area contributed by atoms with Crippen LogP contribution in [-0.2, 0) is 20.8 Å². The third kappa shape index (κ3) is 7.09. The lowest BCUT2D eigenvalue weighted by Gasteiger charge is -2.38. The lowest BCUT2D eigenvalue weighted by atomic mass is 10.0. The minimum atomic E-state index is -0.589. The maximum atomic E-state index is 12.4. The number of alkyl carbamates (subject to hydrolysis) is 1. The molecule has 0 aliphatic carbocycles. The van der Waals surface area contributed by atoms with Gasteiger partial charge in [-0.2, -0.15) is 0 Å². The first-order valence-corrected chi connectivity index (χ1v) is 9.35. The number of nitrogens with one attached hydrogen (secondary N) is 1. The molecule has 1 heterocycles. The number of benzene rings is 1. The predicted molar refractivity (Wildman–Crippen MR) is 101 cm³/mol. The van der Waals surface area contributed by atoms with E-state index >= 15 is 0 Å². The van der Waals surface area contributed by atoms with Crippen LogP contribution in [0.3, 0.4) is 0 Å². The lowest BCUT2D eigenvalue weighted by Crippen LogP contribution is -2.57. The summed E-state index contributed by atoms with van der Waals surface area (Å²) in [6.45, 7) is 8.92. The summed E-state index contributed by atoms with van der Waals surface area (Å²) < 4.78 is 16.5. The highest BCUT2D eigenvalue weighted by atomic mass is 16.6. The first-order chi connectivity index (χ1) is 12.8. The summed E-state index contributed by atoms with van der Waals surface area (Å²) in [6.07, 6.45) is -0.462. The van der Waals surface area contributed by atoms with Gasteiger partial charge >= 0.3 is 12.2 Å². The summed E-state index contributed by atoms with van der Waals surface area (Å²) in [5, 5.41) is 2.83. The summed E-state index contributed by atoms with van der Waals surface area (Å²) in [6, 6.07) is 9.17. The van der Waals surface area contributed by atoms with Gasteiger partial charge in [-0.05, 0) is 39.7 Å². The Kier molecular flexibility index (Phi) is 7.47. The summed E-state index contributed by atoms with van der Waals surface area (Å²) >= 11 is 0. The van der Waals surface area contributed by atoms with Gasteiger partial charge in [-0.3, -0.25) is 0 Å². The maximum absolute atomic E-state index is 12.4. The highest BCUT2D eigenvalue weighted by molar-refractivity contribution is 5.70. The monoisotopic (exact) mass is 378 g/mol. The number of likely N-dealkylation sites (tertiary alicyclic amines) is 1. The first-order valence-electron chi connectivity index (χ1n) is 9.35. The molecular formula is C20H30N2O5. The van der Waals surface area contributed by atoms with Crippen molar-refractivity contribution in [2.24, 2.45) is 0 Å². The Balaban J connectivity index is 1.93. The molecule has 1 saturated heterocycles. The second-order valence-corrected chi connectivity index (χ2v) is 7.52. The molecule has 1 aliphatic rings. The van der Waals surface area contributed by atoms with Gasteiger partial charge < -0.3 is 24.4 Å². The van der Waals surface area contributed by atoms with Gasteiger partial charge in [0.2, 0.25) is 0 Å². The molecule has 2 amide bonds. The molecular weight excluding hydrogens is 348 g/mol. The molecule has 150 valence electrons. The Morgan fingerprint density at radius 1 is 1.22 bits per heavy atom. The summed E-state index contributed by atoms with van der Waals surface area (Å²) in [5.74, 6) is 0. The second kappa shape index (κ2) is 9.60. The van der Waals surface area contributed by atoms with Gasteiger partial charge in [0, 0.05) is 19.7 Å². The molecule has 0 bridgehead atoms. The van der Waals surface area contributed by atoms with Crippen molar-refractivity contribution in [2.75, 3.05) is 19.7 Å². The number of carbonyl (C=O) groups excluding carboxylic acids is 2. The number of rotatable bonds is 5. The van der Waals surface area contributed by atoms with E-state index in [0.717, 1.165) is 5.56 Å². The van der Waals surface area contributed by atoms with E-state index in [9.17, 15) is 9.59 Å². The van der Waals surface area contributed by atoms with Crippen molar-refractivity contribution < 1.29 is 23.8 Å². The van der Waals surface area contributed by atoms with Crippen LogP contribution in [0.1, 0.15) is 39.7 Å². The molecule has 0 aromatic heterocycles. The van der Waals surface area contributed by atoms with Crippen LogP contribution in [0.5, 0.6) is 0 Å². The fraction of sp³-hybridized carbons (Fsp3) is 0.600. The van der Waals surface area contributed by atoms with E-state index in [1.54, 1.807) is 25.7 Å². The molecule has 1 aromatic carbocycles. The van der Waals surface area contributed by atoms with Crippen LogP contribution in [-0.4, -0.2) is 54.5 Å². The quantitative estimate of drug-likeness (QED) is 0.850. The zero-order valence-electron chi connectivity index (χ0n) is 16.6. The molecule has 1 aliphatic heterocycles. The Bertz CT molecular complexity index is 615. The molecule has 2 rings (SSSR count).